The number of nitriles is 1. The normalized spacial score (nSPS) is 12.8. The highest BCUT2D eigenvalue weighted by atomic mass is 32.1. The largest absolute Gasteiger partial charge is 0.374 e. The summed E-state index contributed by atoms with van der Waals surface area (Å²) >= 11 is 1.57. The molecule has 1 atom stereocenters. The molecule has 0 aliphatic heterocycles. The summed E-state index contributed by atoms with van der Waals surface area (Å²) in [5.41, 5.74) is 1.74. The van der Waals surface area contributed by atoms with Crippen LogP contribution in [-0.4, -0.2) is 4.98 Å². The maximum absolute atomic E-state index is 13.9. The summed E-state index contributed by atoms with van der Waals surface area (Å²) in [4.78, 5) is 4.62. The Kier molecular flexibility index (Phi) is 4.29. The van der Waals surface area contributed by atoms with E-state index in [1.165, 1.54) is 6.07 Å². The van der Waals surface area contributed by atoms with Gasteiger partial charge in [-0.2, -0.15) is 5.26 Å². The van der Waals surface area contributed by atoms with E-state index in [1.807, 2.05) is 18.4 Å². The van der Waals surface area contributed by atoms with Crippen LogP contribution in [0.4, 0.5) is 10.1 Å². The number of anilines is 1. The molecule has 1 unspecified atom stereocenters. The van der Waals surface area contributed by atoms with Gasteiger partial charge in [-0.1, -0.05) is 20.8 Å². The Balaban J connectivity index is 2.17. The molecular formula is C16H18FN3S. The molecular weight excluding hydrogens is 285 g/mol. The van der Waals surface area contributed by atoms with Crippen LogP contribution >= 0.6 is 11.3 Å². The molecule has 0 aliphatic rings. The standard InChI is InChI=1S/C16H18FN3S/c1-10(15-20-14(9-21-15)16(2,3)4)19-13-6-5-11(8-18)7-12(13)17/h5-7,9-10,19H,1-4H3. The van der Waals surface area contributed by atoms with Gasteiger partial charge < -0.3 is 5.32 Å². The second-order valence-electron chi connectivity index (χ2n) is 5.99. The Morgan fingerprint density at radius 1 is 1.38 bits per heavy atom. The number of thiazole rings is 1. The van der Waals surface area contributed by atoms with Gasteiger partial charge >= 0.3 is 0 Å². The van der Waals surface area contributed by atoms with Gasteiger partial charge in [-0.25, -0.2) is 9.37 Å². The Hall–Kier alpha value is -1.93. The average Bonchev–Trinajstić information content (AvgIpc) is 2.90. The van der Waals surface area contributed by atoms with Crippen LogP contribution in [0.2, 0.25) is 0 Å². The van der Waals surface area contributed by atoms with Crippen LogP contribution in [0.3, 0.4) is 0 Å². The molecule has 1 aromatic carbocycles. The van der Waals surface area contributed by atoms with Crippen molar-refractivity contribution in [3.8, 4) is 6.07 Å². The van der Waals surface area contributed by atoms with Crippen molar-refractivity contribution in [3.63, 3.8) is 0 Å². The second kappa shape index (κ2) is 5.82. The van der Waals surface area contributed by atoms with E-state index in [-0.39, 0.29) is 11.5 Å². The van der Waals surface area contributed by atoms with Crippen LogP contribution in [0.1, 0.15) is 50.0 Å². The molecule has 1 heterocycles. The summed E-state index contributed by atoms with van der Waals surface area (Å²) in [7, 11) is 0. The second-order valence-corrected chi connectivity index (χ2v) is 6.88. The summed E-state index contributed by atoms with van der Waals surface area (Å²) < 4.78 is 13.9. The number of benzene rings is 1. The number of halogens is 1. The van der Waals surface area contributed by atoms with E-state index in [4.69, 9.17) is 5.26 Å². The Morgan fingerprint density at radius 2 is 2.10 bits per heavy atom. The molecule has 0 bridgehead atoms. The zero-order chi connectivity index (χ0) is 15.6. The zero-order valence-corrected chi connectivity index (χ0v) is 13.4. The van der Waals surface area contributed by atoms with Gasteiger partial charge in [0.2, 0.25) is 0 Å². The fraction of sp³-hybridized carbons (Fsp3) is 0.375. The molecule has 0 spiro atoms. The van der Waals surface area contributed by atoms with Crippen molar-refractivity contribution >= 4 is 17.0 Å². The van der Waals surface area contributed by atoms with Crippen LogP contribution in [-0.2, 0) is 5.41 Å². The van der Waals surface area contributed by atoms with Crippen molar-refractivity contribution in [2.75, 3.05) is 5.32 Å². The van der Waals surface area contributed by atoms with E-state index >= 15 is 0 Å². The highest BCUT2D eigenvalue weighted by Crippen LogP contribution is 2.29. The molecule has 0 amide bonds. The number of nitrogens with zero attached hydrogens (tertiary/aromatic N) is 2. The number of rotatable bonds is 3. The summed E-state index contributed by atoms with van der Waals surface area (Å²) in [5.74, 6) is -0.423. The molecule has 1 aromatic heterocycles. The van der Waals surface area contributed by atoms with Gasteiger partial charge in [-0.15, -0.1) is 11.3 Å². The zero-order valence-electron chi connectivity index (χ0n) is 12.6. The van der Waals surface area contributed by atoms with Gasteiger partial charge in [0.25, 0.3) is 0 Å². The predicted molar refractivity (Wildman–Crippen MR) is 84.0 cm³/mol. The predicted octanol–water partition coefficient (Wildman–Crippen LogP) is 4.62. The van der Waals surface area contributed by atoms with Crippen molar-refractivity contribution in [3.05, 3.63) is 45.7 Å². The fourth-order valence-corrected chi connectivity index (χ4v) is 2.88. The number of hydrogen-bond acceptors (Lipinski definition) is 4. The van der Waals surface area contributed by atoms with Crippen LogP contribution in [0, 0.1) is 17.1 Å². The van der Waals surface area contributed by atoms with Gasteiger partial charge in [0.1, 0.15) is 10.8 Å². The summed E-state index contributed by atoms with van der Waals surface area (Å²) in [6.07, 6.45) is 0. The van der Waals surface area contributed by atoms with E-state index in [1.54, 1.807) is 23.5 Å². The van der Waals surface area contributed by atoms with Crippen LogP contribution < -0.4 is 5.32 Å². The van der Waals surface area contributed by atoms with Crippen molar-refractivity contribution in [1.82, 2.24) is 4.98 Å². The molecule has 1 N–H and O–H groups in total. The minimum Gasteiger partial charge on any atom is -0.374 e. The highest BCUT2D eigenvalue weighted by molar-refractivity contribution is 7.09. The third kappa shape index (κ3) is 3.59. The number of hydrogen-bond donors (Lipinski definition) is 1. The summed E-state index contributed by atoms with van der Waals surface area (Å²) in [6.45, 7) is 8.29. The molecule has 0 saturated carbocycles. The molecule has 21 heavy (non-hydrogen) atoms. The van der Waals surface area contributed by atoms with Crippen molar-refractivity contribution in [2.45, 2.75) is 39.2 Å². The van der Waals surface area contributed by atoms with Crippen molar-refractivity contribution < 1.29 is 4.39 Å². The lowest BCUT2D eigenvalue weighted by atomic mass is 9.93. The Morgan fingerprint density at radius 3 is 2.62 bits per heavy atom. The van der Waals surface area contributed by atoms with E-state index in [0.29, 0.717) is 11.3 Å². The van der Waals surface area contributed by atoms with E-state index in [2.05, 4.69) is 31.1 Å². The molecule has 3 nitrogen and oxygen atoms in total. The van der Waals surface area contributed by atoms with E-state index in [9.17, 15) is 4.39 Å². The summed E-state index contributed by atoms with van der Waals surface area (Å²) in [6, 6.07) is 6.25. The topological polar surface area (TPSA) is 48.7 Å². The quantitative estimate of drug-likeness (QED) is 0.899. The van der Waals surface area contributed by atoms with E-state index in [0.717, 1.165) is 10.7 Å². The number of aromatic nitrogens is 1. The van der Waals surface area contributed by atoms with Crippen molar-refractivity contribution in [2.24, 2.45) is 0 Å². The SMILES string of the molecule is CC(Nc1ccc(C#N)cc1F)c1nc(C(C)(C)C)cs1. The first-order chi connectivity index (χ1) is 9.81. The lowest BCUT2D eigenvalue weighted by Gasteiger charge is -2.16. The first-order valence-corrected chi connectivity index (χ1v) is 7.61. The fourth-order valence-electron chi connectivity index (χ4n) is 1.83. The molecule has 0 aliphatic carbocycles. The Bertz CT molecular complexity index is 680. The van der Waals surface area contributed by atoms with Gasteiger partial charge in [0.15, 0.2) is 0 Å². The van der Waals surface area contributed by atoms with Gasteiger partial charge in [-0.05, 0) is 25.1 Å². The summed E-state index contributed by atoms with van der Waals surface area (Å²) in [5, 5.41) is 14.8. The van der Waals surface area contributed by atoms with Crippen LogP contribution in [0.15, 0.2) is 23.6 Å². The van der Waals surface area contributed by atoms with Gasteiger partial charge in [0, 0.05) is 10.8 Å². The maximum Gasteiger partial charge on any atom is 0.147 e. The molecule has 0 radical (unpaired) electrons. The third-order valence-electron chi connectivity index (χ3n) is 3.13. The van der Waals surface area contributed by atoms with Crippen LogP contribution in [0.25, 0.3) is 0 Å². The first kappa shape index (κ1) is 15.5. The monoisotopic (exact) mass is 303 g/mol. The molecule has 2 rings (SSSR count). The van der Waals surface area contributed by atoms with Gasteiger partial charge in [0.05, 0.1) is 29.1 Å². The average molecular weight is 303 g/mol. The first-order valence-electron chi connectivity index (χ1n) is 6.73. The molecule has 0 saturated heterocycles. The minimum atomic E-state index is -0.423. The van der Waals surface area contributed by atoms with E-state index < -0.39 is 5.82 Å². The smallest absolute Gasteiger partial charge is 0.147 e. The number of nitrogens with one attached hydrogen (secondary N) is 1. The molecule has 2 aromatic rings. The lowest BCUT2D eigenvalue weighted by molar-refractivity contribution is 0.569. The minimum absolute atomic E-state index is 0.00810. The van der Waals surface area contributed by atoms with Gasteiger partial charge in [-0.3, -0.25) is 0 Å². The molecule has 0 fully saturated rings. The molecule has 5 heteroatoms. The molecule has 110 valence electrons. The highest BCUT2D eigenvalue weighted by Gasteiger charge is 2.20. The Labute approximate surface area is 128 Å². The third-order valence-corrected chi connectivity index (χ3v) is 4.16. The maximum atomic E-state index is 13.9. The van der Waals surface area contributed by atoms with Crippen LogP contribution in [0.5, 0.6) is 0 Å². The lowest BCUT2D eigenvalue weighted by Crippen LogP contribution is -2.13. The van der Waals surface area contributed by atoms with Crippen molar-refractivity contribution in [1.29, 1.82) is 5.26 Å².